The lowest BCUT2D eigenvalue weighted by molar-refractivity contribution is 0.287. The van der Waals surface area contributed by atoms with Gasteiger partial charge in [0, 0.05) is 6.61 Å². The highest BCUT2D eigenvalue weighted by Crippen LogP contribution is 2.25. The summed E-state index contributed by atoms with van der Waals surface area (Å²) in [5.41, 5.74) is 2.43. The van der Waals surface area contributed by atoms with Gasteiger partial charge >= 0.3 is 0 Å². The van der Waals surface area contributed by atoms with Gasteiger partial charge in [0.05, 0.1) is 7.11 Å². The maximum absolute atomic E-state index is 8.78. The second-order valence-corrected chi connectivity index (χ2v) is 3.29. The molecule has 1 aromatic carbocycles. The number of rotatable bonds is 5. The first-order valence-electron chi connectivity index (χ1n) is 5.09. The third-order valence-corrected chi connectivity index (χ3v) is 2.37. The van der Waals surface area contributed by atoms with Crippen molar-refractivity contribution < 1.29 is 9.84 Å². The van der Waals surface area contributed by atoms with Gasteiger partial charge in [0.15, 0.2) is 0 Å². The zero-order valence-electron chi connectivity index (χ0n) is 8.92. The van der Waals surface area contributed by atoms with Gasteiger partial charge in [0.25, 0.3) is 0 Å². The number of aliphatic hydroxyl groups excluding tert-OH is 1. The molecule has 2 heteroatoms. The highest BCUT2D eigenvalue weighted by Gasteiger charge is 2.06. The van der Waals surface area contributed by atoms with E-state index in [0.29, 0.717) is 0 Å². The highest BCUT2D eigenvalue weighted by molar-refractivity contribution is 5.41. The van der Waals surface area contributed by atoms with Crippen LogP contribution in [0.2, 0.25) is 0 Å². The van der Waals surface area contributed by atoms with Crippen LogP contribution >= 0.6 is 0 Å². The molecule has 0 aromatic heterocycles. The van der Waals surface area contributed by atoms with Gasteiger partial charge < -0.3 is 9.84 Å². The summed E-state index contributed by atoms with van der Waals surface area (Å²) in [5, 5.41) is 8.78. The minimum Gasteiger partial charge on any atom is -0.496 e. The summed E-state index contributed by atoms with van der Waals surface area (Å²) < 4.78 is 5.38. The van der Waals surface area contributed by atoms with Gasteiger partial charge in [-0.15, -0.1) is 0 Å². The van der Waals surface area contributed by atoms with Gasteiger partial charge in [0.2, 0.25) is 0 Å². The first kappa shape index (κ1) is 11.1. The molecule has 0 unspecified atom stereocenters. The van der Waals surface area contributed by atoms with E-state index in [0.717, 1.165) is 25.0 Å². The van der Waals surface area contributed by atoms with Crippen LogP contribution in [0.5, 0.6) is 5.75 Å². The van der Waals surface area contributed by atoms with Crippen LogP contribution in [0.4, 0.5) is 0 Å². The first-order valence-corrected chi connectivity index (χ1v) is 5.09. The monoisotopic (exact) mass is 194 g/mol. The normalized spacial score (nSPS) is 10.2. The van der Waals surface area contributed by atoms with Gasteiger partial charge in [-0.05, 0) is 30.4 Å². The fraction of sp³-hybridized carbons (Fsp3) is 0.500. The summed E-state index contributed by atoms with van der Waals surface area (Å²) in [4.78, 5) is 0. The van der Waals surface area contributed by atoms with Crippen molar-refractivity contribution in [3.05, 3.63) is 29.3 Å². The molecule has 0 heterocycles. The molecule has 0 bridgehead atoms. The van der Waals surface area contributed by atoms with E-state index in [9.17, 15) is 0 Å². The zero-order valence-corrected chi connectivity index (χ0v) is 8.92. The molecule has 0 aliphatic rings. The molecule has 0 aliphatic carbocycles. The lowest BCUT2D eigenvalue weighted by Crippen LogP contribution is -1.98. The summed E-state index contributed by atoms with van der Waals surface area (Å²) in [6, 6.07) is 6.20. The highest BCUT2D eigenvalue weighted by atomic mass is 16.5. The summed E-state index contributed by atoms with van der Waals surface area (Å²) in [6.07, 6.45) is 2.66. The van der Waals surface area contributed by atoms with Crippen LogP contribution < -0.4 is 4.74 Å². The Labute approximate surface area is 85.5 Å². The number of ether oxygens (including phenoxy) is 1. The average Bonchev–Trinajstić information content (AvgIpc) is 2.25. The smallest absolute Gasteiger partial charge is 0.125 e. The Hall–Kier alpha value is -1.02. The van der Waals surface area contributed by atoms with Gasteiger partial charge in [-0.1, -0.05) is 25.1 Å². The Morgan fingerprint density at radius 3 is 2.57 bits per heavy atom. The van der Waals surface area contributed by atoms with E-state index in [1.165, 1.54) is 11.1 Å². The van der Waals surface area contributed by atoms with Gasteiger partial charge in [0.1, 0.15) is 5.75 Å². The van der Waals surface area contributed by atoms with Gasteiger partial charge in [-0.3, -0.25) is 0 Å². The molecule has 1 rings (SSSR count). The SMILES string of the molecule is CCc1cccc(CCCO)c1OC. The predicted octanol–water partition coefficient (Wildman–Crippen LogP) is 2.18. The molecular weight excluding hydrogens is 176 g/mol. The number of para-hydroxylation sites is 1. The number of benzene rings is 1. The third-order valence-electron chi connectivity index (χ3n) is 2.37. The Morgan fingerprint density at radius 2 is 2.00 bits per heavy atom. The summed E-state index contributed by atoms with van der Waals surface area (Å²) >= 11 is 0. The molecule has 0 amide bonds. The minimum absolute atomic E-state index is 0.236. The van der Waals surface area contributed by atoms with Crippen molar-refractivity contribution >= 4 is 0 Å². The number of hydrogen-bond donors (Lipinski definition) is 1. The summed E-state index contributed by atoms with van der Waals surface area (Å²) in [7, 11) is 1.71. The van der Waals surface area contributed by atoms with E-state index in [1.54, 1.807) is 7.11 Å². The summed E-state index contributed by atoms with van der Waals surface area (Å²) in [5.74, 6) is 0.989. The topological polar surface area (TPSA) is 29.5 Å². The van der Waals surface area contributed by atoms with E-state index in [2.05, 4.69) is 19.1 Å². The van der Waals surface area contributed by atoms with Crippen molar-refractivity contribution in [2.75, 3.05) is 13.7 Å². The van der Waals surface area contributed by atoms with Crippen LogP contribution in [0.25, 0.3) is 0 Å². The van der Waals surface area contributed by atoms with Crippen molar-refractivity contribution in [2.24, 2.45) is 0 Å². The Kier molecular flexibility index (Phi) is 4.47. The van der Waals surface area contributed by atoms with E-state index < -0.39 is 0 Å². The summed E-state index contributed by atoms with van der Waals surface area (Å²) in [6.45, 7) is 2.35. The van der Waals surface area contributed by atoms with E-state index >= 15 is 0 Å². The molecule has 0 aliphatic heterocycles. The van der Waals surface area contributed by atoms with Crippen LogP contribution in [0.3, 0.4) is 0 Å². The van der Waals surface area contributed by atoms with Crippen molar-refractivity contribution in [2.45, 2.75) is 26.2 Å². The molecule has 1 N–H and O–H groups in total. The Bertz CT molecular complexity index is 282. The number of methoxy groups -OCH3 is 1. The second kappa shape index (κ2) is 5.66. The first-order chi connectivity index (χ1) is 6.83. The van der Waals surface area contributed by atoms with Crippen molar-refractivity contribution in [3.63, 3.8) is 0 Å². The van der Waals surface area contributed by atoms with Crippen molar-refractivity contribution in [3.8, 4) is 5.75 Å². The molecule has 2 nitrogen and oxygen atoms in total. The maximum atomic E-state index is 8.78. The van der Waals surface area contributed by atoms with Crippen LogP contribution in [-0.4, -0.2) is 18.8 Å². The maximum Gasteiger partial charge on any atom is 0.125 e. The molecule has 0 saturated heterocycles. The third kappa shape index (κ3) is 2.48. The van der Waals surface area contributed by atoms with E-state index in [-0.39, 0.29) is 6.61 Å². The molecule has 0 atom stereocenters. The number of aryl methyl sites for hydroxylation is 2. The quantitative estimate of drug-likeness (QED) is 0.778. The minimum atomic E-state index is 0.236. The molecule has 0 saturated carbocycles. The standard InChI is InChI=1S/C12H18O2/c1-3-10-6-4-7-11(8-5-9-13)12(10)14-2/h4,6-7,13H,3,5,8-9H2,1-2H3. The van der Waals surface area contributed by atoms with Crippen LogP contribution in [0.15, 0.2) is 18.2 Å². The fourth-order valence-corrected chi connectivity index (χ4v) is 1.64. The second-order valence-electron chi connectivity index (χ2n) is 3.29. The number of hydrogen-bond acceptors (Lipinski definition) is 2. The molecule has 0 fully saturated rings. The predicted molar refractivity (Wildman–Crippen MR) is 57.8 cm³/mol. The fourth-order valence-electron chi connectivity index (χ4n) is 1.64. The molecule has 0 spiro atoms. The zero-order chi connectivity index (χ0) is 10.4. The Morgan fingerprint density at radius 1 is 1.29 bits per heavy atom. The van der Waals surface area contributed by atoms with Crippen molar-refractivity contribution in [1.29, 1.82) is 0 Å². The molecule has 1 aromatic rings. The van der Waals surface area contributed by atoms with E-state index in [4.69, 9.17) is 9.84 Å². The average molecular weight is 194 g/mol. The number of aliphatic hydroxyl groups is 1. The Balaban J connectivity index is 2.90. The lowest BCUT2D eigenvalue weighted by Gasteiger charge is -2.11. The molecule has 0 radical (unpaired) electrons. The van der Waals surface area contributed by atoms with Crippen LogP contribution in [0.1, 0.15) is 24.5 Å². The molecular formula is C12H18O2. The van der Waals surface area contributed by atoms with Crippen molar-refractivity contribution in [1.82, 2.24) is 0 Å². The molecule has 78 valence electrons. The largest absolute Gasteiger partial charge is 0.496 e. The van der Waals surface area contributed by atoms with E-state index in [1.807, 2.05) is 6.07 Å². The van der Waals surface area contributed by atoms with Crippen LogP contribution in [-0.2, 0) is 12.8 Å². The van der Waals surface area contributed by atoms with Gasteiger partial charge in [-0.2, -0.15) is 0 Å². The van der Waals surface area contributed by atoms with Crippen LogP contribution in [0, 0.1) is 0 Å². The molecule has 14 heavy (non-hydrogen) atoms. The lowest BCUT2D eigenvalue weighted by atomic mass is 10.0. The van der Waals surface area contributed by atoms with Gasteiger partial charge in [-0.25, -0.2) is 0 Å².